The van der Waals surface area contributed by atoms with Crippen molar-refractivity contribution >= 4 is 52.3 Å². The van der Waals surface area contributed by atoms with Gasteiger partial charge < -0.3 is 9.73 Å². The molecule has 0 aliphatic carbocycles. The third-order valence-corrected chi connectivity index (χ3v) is 3.49. The van der Waals surface area contributed by atoms with Crippen LogP contribution in [-0.2, 0) is 9.59 Å². The van der Waals surface area contributed by atoms with Crippen molar-refractivity contribution in [3.8, 4) is 0 Å². The maximum Gasteiger partial charge on any atom is 0.302 e. The molecule has 0 bridgehead atoms. The predicted octanol–water partition coefficient (Wildman–Crippen LogP) is 4.09. The van der Waals surface area contributed by atoms with Gasteiger partial charge in [0.25, 0.3) is 5.91 Å². The van der Waals surface area contributed by atoms with Gasteiger partial charge in [0.05, 0.1) is 0 Å². The summed E-state index contributed by atoms with van der Waals surface area (Å²) in [6.07, 6.45) is 3.03. The van der Waals surface area contributed by atoms with Gasteiger partial charge in [-0.1, -0.05) is 23.7 Å². The molecule has 2 amide bonds. The minimum absolute atomic E-state index is 0.0840. The topological polar surface area (TPSA) is 84.2 Å². The number of hydrogen-bond donors (Lipinski definition) is 2. The van der Waals surface area contributed by atoms with E-state index in [1.807, 2.05) is 0 Å². The molecule has 25 heavy (non-hydrogen) atoms. The number of carbonyl (C=O) groups is 2. The average molecular weight is 356 g/mol. The molecule has 6 nitrogen and oxygen atoms in total. The number of halogens is 1. The summed E-state index contributed by atoms with van der Waals surface area (Å²) in [5.41, 5.74) is 2.48. The Kier molecular flexibility index (Phi) is 4.81. The van der Waals surface area contributed by atoms with Gasteiger partial charge in [-0.05, 0) is 35.9 Å². The van der Waals surface area contributed by atoms with Crippen molar-refractivity contribution in [2.75, 3.05) is 10.6 Å². The molecule has 0 spiro atoms. The Labute approximate surface area is 148 Å². The highest BCUT2D eigenvalue weighted by molar-refractivity contribution is 6.30. The standard InChI is InChI=1S/C18H14ClN3O3/c1-11(23)20-14-7-8-15-16(10-14)25-18(21-15)22-17(24)9-4-12-2-5-13(19)6-3-12/h2-10H,1H3,(H,20,23)(H,21,22,24)/b9-4+. The van der Waals surface area contributed by atoms with Gasteiger partial charge in [-0.2, -0.15) is 4.98 Å². The lowest BCUT2D eigenvalue weighted by Gasteiger charge is -1.99. The van der Waals surface area contributed by atoms with E-state index in [4.69, 9.17) is 16.0 Å². The highest BCUT2D eigenvalue weighted by Gasteiger charge is 2.09. The van der Waals surface area contributed by atoms with Gasteiger partial charge in [0.1, 0.15) is 5.52 Å². The molecule has 0 radical (unpaired) electrons. The Morgan fingerprint density at radius 1 is 1.12 bits per heavy atom. The number of anilines is 2. The minimum Gasteiger partial charge on any atom is -0.423 e. The first-order valence-corrected chi connectivity index (χ1v) is 7.80. The fourth-order valence-electron chi connectivity index (χ4n) is 2.15. The fourth-order valence-corrected chi connectivity index (χ4v) is 2.28. The van der Waals surface area contributed by atoms with Crippen molar-refractivity contribution in [2.24, 2.45) is 0 Å². The van der Waals surface area contributed by atoms with Crippen molar-refractivity contribution in [3.05, 3.63) is 59.1 Å². The maximum absolute atomic E-state index is 12.0. The zero-order valence-electron chi connectivity index (χ0n) is 13.2. The third-order valence-electron chi connectivity index (χ3n) is 3.24. The van der Waals surface area contributed by atoms with Crippen LogP contribution in [0.3, 0.4) is 0 Å². The maximum atomic E-state index is 12.0. The Morgan fingerprint density at radius 3 is 2.60 bits per heavy atom. The summed E-state index contributed by atoms with van der Waals surface area (Å²) in [5.74, 6) is -0.552. The van der Waals surface area contributed by atoms with E-state index >= 15 is 0 Å². The van der Waals surface area contributed by atoms with Crippen molar-refractivity contribution in [3.63, 3.8) is 0 Å². The van der Waals surface area contributed by atoms with Crippen LogP contribution in [0.15, 0.2) is 53.0 Å². The summed E-state index contributed by atoms with van der Waals surface area (Å²) in [5, 5.41) is 5.84. The summed E-state index contributed by atoms with van der Waals surface area (Å²) >= 11 is 5.81. The SMILES string of the molecule is CC(=O)Nc1ccc2nc(NC(=O)/C=C/c3ccc(Cl)cc3)oc2c1. The van der Waals surface area contributed by atoms with E-state index in [1.165, 1.54) is 13.0 Å². The fraction of sp³-hybridized carbons (Fsp3) is 0.0556. The zero-order chi connectivity index (χ0) is 17.8. The summed E-state index contributed by atoms with van der Waals surface area (Å²) < 4.78 is 5.48. The van der Waals surface area contributed by atoms with E-state index in [-0.39, 0.29) is 17.8 Å². The summed E-state index contributed by atoms with van der Waals surface area (Å²) in [4.78, 5) is 27.2. The van der Waals surface area contributed by atoms with Crippen LogP contribution in [0, 0.1) is 0 Å². The number of fused-ring (bicyclic) bond motifs is 1. The van der Waals surface area contributed by atoms with Crippen LogP contribution in [0.5, 0.6) is 0 Å². The molecule has 3 aromatic rings. The molecular formula is C18H14ClN3O3. The molecule has 0 fully saturated rings. The van der Waals surface area contributed by atoms with E-state index in [0.29, 0.717) is 21.8 Å². The second-order valence-corrected chi connectivity index (χ2v) is 5.69. The average Bonchev–Trinajstić information content (AvgIpc) is 2.95. The molecule has 0 aliphatic rings. The normalized spacial score (nSPS) is 11.0. The lowest BCUT2D eigenvalue weighted by atomic mass is 10.2. The van der Waals surface area contributed by atoms with Gasteiger partial charge in [-0.25, -0.2) is 0 Å². The first-order valence-electron chi connectivity index (χ1n) is 7.42. The Balaban J connectivity index is 1.70. The molecule has 7 heteroatoms. The number of carbonyl (C=O) groups excluding carboxylic acids is 2. The molecule has 1 aromatic heterocycles. The van der Waals surface area contributed by atoms with Crippen LogP contribution >= 0.6 is 11.6 Å². The monoisotopic (exact) mass is 355 g/mol. The summed E-state index contributed by atoms with van der Waals surface area (Å²) in [7, 11) is 0. The smallest absolute Gasteiger partial charge is 0.302 e. The molecule has 0 saturated carbocycles. The molecule has 0 aliphatic heterocycles. The molecule has 2 aromatic carbocycles. The van der Waals surface area contributed by atoms with Crippen LogP contribution in [-0.4, -0.2) is 16.8 Å². The van der Waals surface area contributed by atoms with Crippen molar-refractivity contribution in [2.45, 2.75) is 6.92 Å². The number of aromatic nitrogens is 1. The molecule has 126 valence electrons. The van der Waals surface area contributed by atoms with E-state index in [1.54, 1.807) is 48.5 Å². The predicted molar refractivity (Wildman–Crippen MR) is 97.4 cm³/mol. The number of rotatable bonds is 4. The Bertz CT molecular complexity index is 961. The van der Waals surface area contributed by atoms with E-state index < -0.39 is 0 Å². The number of nitrogens with one attached hydrogen (secondary N) is 2. The van der Waals surface area contributed by atoms with Crippen molar-refractivity contribution in [1.82, 2.24) is 4.98 Å². The minimum atomic E-state index is -0.372. The van der Waals surface area contributed by atoms with Crippen LogP contribution < -0.4 is 10.6 Å². The molecule has 1 heterocycles. The third kappa shape index (κ3) is 4.45. The number of hydrogen-bond acceptors (Lipinski definition) is 4. The Morgan fingerprint density at radius 2 is 1.88 bits per heavy atom. The van der Waals surface area contributed by atoms with Gasteiger partial charge in [-0.15, -0.1) is 0 Å². The lowest BCUT2D eigenvalue weighted by Crippen LogP contribution is -2.07. The number of oxazole rings is 1. The molecule has 3 rings (SSSR count). The number of amides is 2. The largest absolute Gasteiger partial charge is 0.423 e. The highest BCUT2D eigenvalue weighted by atomic mass is 35.5. The highest BCUT2D eigenvalue weighted by Crippen LogP contribution is 2.22. The quantitative estimate of drug-likeness (QED) is 0.690. The van der Waals surface area contributed by atoms with Gasteiger partial charge in [0.15, 0.2) is 5.58 Å². The number of benzene rings is 2. The van der Waals surface area contributed by atoms with Gasteiger partial charge in [0, 0.05) is 29.8 Å². The molecular weight excluding hydrogens is 342 g/mol. The van der Waals surface area contributed by atoms with Crippen LogP contribution in [0.25, 0.3) is 17.2 Å². The van der Waals surface area contributed by atoms with E-state index in [2.05, 4.69) is 15.6 Å². The summed E-state index contributed by atoms with van der Waals surface area (Å²) in [6.45, 7) is 1.42. The van der Waals surface area contributed by atoms with Crippen LogP contribution in [0.1, 0.15) is 12.5 Å². The van der Waals surface area contributed by atoms with E-state index in [9.17, 15) is 9.59 Å². The second-order valence-electron chi connectivity index (χ2n) is 5.26. The first kappa shape index (κ1) is 16.7. The van der Waals surface area contributed by atoms with Crippen molar-refractivity contribution < 1.29 is 14.0 Å². The van der Waals surface area contributed by atoms with E-state index in [0.717, 1.165) is 5.56 Å². The molecule has 0 atom stereocenters. The molecule has 2 N–H and O–H groups in total. The van der Waals surface area contributed by atoms with Crippen molar-refractivity contribution in [1.29, 1.82) is 0 Å². The van der Waals surface area contributed by atoms with Crippen LogP contribution in [0.2, 0.25) is 5.02 Å². The summed E-state index contributed by atoms with van der Waals surface area (Å²) in [6, 6.07) is 12.2. The first-order chi connectivity index (χ1) is 12.0. The van der Waals surface area contributed by atoms with Crippen LogP contribution in [0.4, 0.5) is 11.7 Å². The molecule has 0 unspecified atom stereocenters. The zero-order valence-corrected chi connectivity index (χ0v) is 14.0. The number of nitrogens with zero attached hydrogens (tertiary/aromatic N) is 1. The second kappa shape index (κ2) is 7.19. The van der Waals surface area contributed by atoms with Gasteiger partial charge >= 0.3 is 6.01 Å². The van der Waals surface area contributed by atoms with Gasteiger partial charge in [-0.3, -0.25) is 14.9 Å². The lowest BCUT2D eigenvalue weighted by molar-refractivity contribution is -0.114. The molecule has 0 saturated heterocycles. The Hall–Kier alpha value is -3.12. The van der Waals surface area contributed by atoms with Gasteiger partial charge in [0.2, 0.25) is 5.91 Å².